The molecule has 1 aromatic heterocycles. The second-order valence-electron chi connectivity index (χ2n) is 5.51. The van der Waals surface area contributed by atoms with Crippen LogP contribution in [0.1, 0.15) is 20.8 Å². The normalized spacial score (nSPS) is 10.2. The molecule has 7 nitrogen and oxygen atoms in total. The van der Waals surface area contributed by atoms with Crippen molar-refractivity contribution in [3.63, 3.8) is 0 Å². The van der Waals surface area contributed by atoms with Gasteiger partial charge in [0, 0.05) is 12.3 Å². The van der Waals surface area contributed by atoms with Crippen LogP contribution >= 0.6 is 0 Å². The first-order chi connectivity index (χ1) is 13.5. The van der Waals surface area contributed by atoms with Crippen LogP contribution < -0.4 is 10.6 Å². The van der Waals surface area contributed by atoms with Gasteiger partial charge < -0.3 is 15.4 Å². The highest BCUT2D eigenvalue weighted by Crippen LogP contribution is 2.20. The van der Waals surface area contributed by atoms with Gasteiger partial charge in [0.2, 0.25) is 5.95 Å². The minimum absolute atomic E-state index is 0.0450. The predicted octanol–water partition coefficient (Wildman–Crippen LogP) is 3.54. The van der Waals surface area contributed by atoms with E-state index in [-0.39, 0.29) is 22.9 Å². The van der Waals surface area contributed by atoms with Gasteiger partial charge in [-0.2, -0.15) is 0 Å². The van der Waals surface area contributed by atoms with Crippen molar-refractivity contribution in [2.24, 2.45) is 0 Å². The Kier molecular flexibility index (Phi) is 5.54. The summed E-state index contributed by atoms with van der Waals surface area (Å²) in [5.74, 6) is -2.88. The number of carbonyl (C=O) groups excluding carboxylic acids is 2. The predicted molar refractivity (Wildman–Crippen MR) is 97.4 cm³/mol. The van der Waals surface area contributed by atoms with Gasteiger partial charge in [-0.1, -0.05) is 12.1 Å². The molecule has 1 amide bonds. The van der Waals surface area contributed by atoms with Crippen LogP contribution in [0.2, 0.25) is 0 Å². The first kappa shape index (κ1) is 18.9. The van der Waals surface area contributed by atoms with E-state index in [4.69, 9.17) is 4.74 Å². The highest BCUT2D eigenvalue weighted by molar-refractivity contribution is 6.03. The van der Waals surface area contributed by atoms with Gasteiger partial charge in [-0.15, -0.1) is 0 Å². The number of methoxy groups -OCH3 is 1. The van der Waals surface area contributed by atoms with Gasteiger partial charge in [0.15, 0.2) is 0 Å². The van der Waals surface area contributed by atoms with Gasteiger partial charge in [-0.05, 0) is 30.3 Å². The number of rotatable bonds is 5. The van der Waals surface area contributed by atoms with E-state index in [9.17, 15) is 18.4 Å². The zero-order valence-electron chi connectivity index (χ0n) is 14.6. The van der Waals surface area contributed by atoms with E-state index >= 15 is 0 Å². The van der Waals surface area contributed by atoms with E-state index in [2.05, 4.69) is 20.6 Å². The minimum atomic E-state index is -0.909. The molecule has 0 unspecified atom stereocenters. The Morgan fingerprint density at radius 1 is 1.04 bits per heavy atom. The Morgan fingerprint density at radius 3 is 2.57 bits per heavy atom. The highest BCUT2D eigenvalue weighted by Gasteiger charge is 2.15. The van der Waals surface area contributed by atoms with Gasteiger partial charge in [0.25, 0.3) is 5.91 Å². The standard InChI is InChI=1S/C19H14F2N4O3/c1-28-18(27)12-4-2-3-5-14(12)24-19-22-9-8-16(25-19)17(26)23-15-7-6-11(20)10-13(15)21/h2-10H,1H3,(H,23,26)(H,22,24,25). The number of carbonyl (C=O) groups is 2. The number of nitrogens with one attached hydrogen (secondary N) is 2. The molecule has 0 saturated heterocycles. The Hall–Kier alpha value is -3.88. The molecule has 2 aromatic carbocycles. The molecule has 3 rings (SSSR count). The van der Waals surface area contributed by atoms with E-state index in [1.807, 2.05) is 0 Å². The number of para-hydroxylation sites is 1. The molecule has 142 valence electrons. The van der Waals surface area contributed by atoms with Crippen molar-refractivity contribution in [1.82, 2.24) is 9.97 Å². The monoisotopic (exact) mass is 384 g/mol. The van der Waals surface area contributed by atoms with Gasteiger partial charge in [-0.3, -0.25) is 4.79 Å². The number of aromatic nitrogens is 2. The van der Waals surface area contributed by atoms with Crippen LogP contribution in [0.4, 0.5) is 26.1 Å². The first-order valence-corrected chi connectivity index (χ1v) is 8.01. The van der Waals surface area contributed by atoms with Gasteiger partial charge in [-0.25, -0.2) is 23.5 Å². The summed E-state index contributed by atoms with van der Waals surface area (Å²) in [6.45, 7) is 0. The smallest absolute Gasteiger partial charge is 0.339 e. The molecule has 0 fully saturated rings. The zero-order chi connectivity index (χ0) is 20.1. The molecule has 2 N–H and O–H groups in total. The highest BCUT2D eigenvalue weighted by atomic mass is 19.1. The Balaban J connectivity index is 1.81. The average Bonchev–Trinajstić information content (AvgIpc) is 2.70. The van der Waals surface area contributed by atoms with E-state index in [0.29, 0.717) is 11.8 Å². The van der Waals surface area contributed by atoms with Crippen molar-refractivity contribution in [2.75, 3.05) is 17.7 Å². The van der Waals surface area contributed by atoms with E-state index in [0.717, 1.165) is 12.1 Å². The molecule has 0 atom stereocenters. The fourth-order valence-corrected chi connectivity index (χ4v) is 2.32. The van der Waals surface area contributed by atoms with Gasteiger partial charge in [0.1, 0.15) is 17.3 Å². The second-order valence-corrected chi connectivity index (χ2v) is 5.51. The lowest BCUT2D eigenvalue weighted by Crippen LogP contribution is -2.16. The number of halogens is 2. The summed E-state index contributed by atoms with van der Waals surface area (Å²) in [7, 11) is 1.26. The van der Waals surface area contributed by atoms with Crippen molar-refractivity contribution in [1.29, 1.82) is 0 Å². The average molecular weight is 384 g/mol. The first-order valence-electron chi connectivity index (χ1n) is 8.01. The lowest BCUT2D eigenvalue weighted by molar-refractivity contribution is 0.0601. The van der Waals surface area contributed by atoms with Crippen LogP contribution in [-0.4, -0.2) is 29.0 Å². The second kappa shape index (κ2) is 8.21. The lowest BCUT2D eigenvalue weighted by atomic mass is 10.2. The number of nitrogens with zero attached hydrogens (tertiary/aromatic N) is 2. The molecule has 0 aliphatic heterocycles. The SMILES string of the molecule is COC(=O)c1ccccc1Nc1nccc(C(=O)Nc2ccc(F)cc2F)n1. The number of amides is 1. The Bertz CT molecular complexity index is 1040. The summed E-state index contributed by atoms with van der Waals surface area (Å²) < 4.78 is 31.4. The number of ether oxygens (including phenoxy) is 1. The molecular formula is C19H14F2N4O3. The summed E-state index contributed by atoms with van der Waals surface area (Å²) in [6.07, 6.45) is 1.33. The van der Waals surface area contributed by atoms with E-state index in [1.165, 1.54) is 19.4 Å². The van der Waals surface area contributed by atoms with Crippen molar-refractivity contribution >= 4 is 29.2 Å². The van der Waals surface area contributed by atoms with Crippen molar-refractivity contribution in [2.45, 2.75) is 0 Å². The molecule has 0 bridgehead atoms. The quantitative estimate of drug-likeness (QED) is 0.654. The zero-order valence-corrected chi connectivity index (χ0v) is 14.6. The number of anilines is 3. The van der Waals surface area contributed by atoms with Gasteiger partial charge in [0.05, 0.1) is 24.0 Å². The molecule has 0 radical (unpaired) electrons. The summed E-state index contributed by atoms with van der Waals surface area (Å²) in [5.41, 5.74) is 0.403. The number of hydrogen-bond acceptors (Lipinski definition) is 6. The number of esters is 1. The maximum Gasteiger partial charge on any atom is 0.339 e. The van der Waals surface area contributed by atoms with Crippen LogP contribution in [0.25, 0.3) is 0 Å². The fourth-order valence-electron chi connectivity index (χ4n) is 2.32. The number of hydrogen-bond donors (Lipinski definition) is 2. The maximum atomic E-state index is 13.7. The summed E-state index contributed by atoms with van der Waals surface area (Å²) in [6, 6.07) is 10.7. The van der Waals surface area contributed by atoms with Crippen LogP contribution in [0.5, 0.6) is 0 Å². The third-order valence-electron chi connectivity index (χ3n) is 3.65. The molecule has 3 aromatic rings. The minimum Gasteiger partial charge on any atom is -0.465 e. The van der Waals surface area contributed by atoms with Crippen LogP contribution in [0, 0.1) is 11.6 Å². The largest absolute Gasteiger partial charge is 0.465 e. The summed E-state index contributed by atoms with van der Waals surface area (Å²) in [4.78, 5) is 32.2. The van der Waals surface area contributed by atoms with E-state index in [1.54, 1.807) is 24.3 Å². The molecule has 0 saturated carbocycles. The van der Waals surface area contributed by atoms with Crippen molar-refractivity contribution in [3.05, 3.63) is 77.6 Å². The van der Waals surface area contributed by atoms with Crippen molar-refractivity contribution < 1.29 is 23.1 Å². The van der Waals surface area contributed by atoms with Crippen LogP contribution in [-0.2, 0) is 4.74 Å². The molecule has 9 heteroatoms. The third-order valence-corrected chi connectivity index (χ3v) is 3.65. The Labute approximate surface area is 158 Å². The number of benzene rings is 2. The molecule has 0 aliphatic rings. The van der Waals surface area contributed by atoms with Gasteiger partial charge >= 0.3 is 5.97 Å². The summed E-state index contributed by atoms with van der Waals surface area (Å²) >= 11 is 0. The molecule has 1 heterocycles. The lowest BCUT2D eigenvalue weighted by Gasteiger charge is -2.10. The van der Waals surface area contributed by atoms with Crippen LogP contribution in [0.15, 0.2) is 54.7 Å². The molecule has 28 heavy (non-hydrogen) atoms. The molecule has 0 aliphatic carbocycles. The molecule has 0 spiro atoms. The van der Waals surface area contributed by atoms with E-state index < -0.39 is 23.5 Å². The Morgan fingerprint density at radius 2 is 1.82 bits per heavy atom. The summed E-state index contributed by atoms with van der Waals surface area (Å²) in [5, 5.41) is 5.15. The maximum absolute atomic E-state index is 13.7. The van der Waals surface area contributed by atoms with Crippen molar-refractivity contribution in [3.8, 4) is 0 Å². The fraction of sp³-hybridized carbons (Fsp3) is 0.0526. The molecular weight excluding hydrogens is 370 g/mol. The van der Waals surface area contributed by atoms with Crippen LogP contribution in [0.3, 0.4) is 0 Å². The topological polar surface area (TPSA) is 93.2 Å². The third kappa shape index (κ3) is 4.26.